The molecule has 1 aliphatic rings. The molecular formula is C14H19NO4S. The molecule has 6 heteroatoms. The molecule has 1 aromatic rings. The Morgan fingerprint density at radius 3 is 2.80 bits per heavy atom. The van der Waals surface area contributed by atoms with E-state index in [-0.39, 0.29) is 30.1 Å². The van der Waals surface area contributed by atoms with Crippen LogP contribution >= 0.6 is 0 Å². The lowest BCUT2D eigenvalue weighted by Crippen LogP contribution is -2.38. The second kappa shape index (κ2) is 5.83. The summed E-state index contributed by atoms with van der Waals surface area (Å²) in [5, 5.41) is 2.70. The predicted octanol–water partition coefficient (Wildman–Crippen LogP) is 0.986. The molecule has 0 aliphatic carbocycles. The first kappa shape index (κ1) is 14.8. The average Bonchev–Trinajstić information content (AvgIpc) is 2.70. The van der Waals surface area contributed by atoms with Gasteiger partial charge in [0.15, 0.2) is 16.4 Å². The summed E-state index contributed by atoms with van der Waals surface area (Å²) in [5.41, 5.74) is 2.11. The lowest BCUT2D eigenvalue weighted by atomic mass is 10.1. The predicted molar refractivity (Wildman–Crippen MR) is 76.6 cm³/mol. The van der Waals surface area contributed by atoms with E-state index < -0.39 is 9.84 Å². The van der Waals surface area contributed by atoms with Gasteiger partial charge in [-0.1, -0.05) is 12.1 Å². The van der Waals surface area contributed by atoms with Gasteiger partial charge in [0.25, 0.3) is 5.91 Å². The summed E-state index contributed by atoms with van der Waals surface area (Å²) in [6, 6.07) is 5.38. The Morgan fingerprint density at radius 2 is 2.15 bits per heavy atom. The van der Waals surface area contributed by atoms with Gasteiger partial charge in [0, 0.05) is 6.04 Å². The molecule has 0 radical (unpaired) electrons. The third-order valence-corrected chi connectivity index (χ3v) is 5.28. The lowest BCUT2D eigenvalue weighted by molar-refractivity contribution is -0.123. The van der Waals surface area contributed by atoms with E-state index in [9.17, 15) is 13.2 Å². The molecule has 1 fully saturated rings. The Bertz CT molecular complexity index is 610. The molecule has 0 saturated carbocycles. The number of ether oxygens (including phenoxy) is 1. The van der Waals surface area contributed by atoms with Gasteiger partial charge in [-0.05, 0) is 37.5 Å². The van der Waals surface area contributed by atoms with Crippen molar-refractivity contribution in [3.8, 4) is 5.75 Å². The van der Waals surface area contributed by atoms with Crippen LogP contribution in [0.2, 0.25) is 0 Å². The second-order valence-electron chi connectivity index (χ2n) is 5.15. The topological polar surface area (TPSA) is 72.5 Å². The molecular weight excluding hydrogens is 278 g/mol. The first-order valence-corrected chi connectivity index (χ1v) is 8.38. The minimum absolute atomic E-state index is 0.0300. The number of rotatable bonds is 4. The molecule has 1 saturated heterocycles. The first-order valence-electron chi connectivity index (χ1n) is 6.56. The molecule has 1 aliphatic heterocycles. The van der Waals surface area contributed by atoms with Crippen LogP contribution in [0, 0.1) is 13.8 Å². The molecule has 1 aromatic carbocycles. The largest absolute Gasteiger partial charge is 0.483 e. The van der Waals surface area contributed by atoms with E-state index in [1.165, 1.54) is 0 Å². The van der Waals surface area contributed by atoms with Crippen LogP contribution in [0.1, 0.15) is 17.5 Å². The fourth-order valence-corrected chi connectivity index (χ4v) is 3.88. The fraction of sp³-hybridized carbons (Fsp3) is 0.500. The molecule has 0 bridgehead atoms. The Kier molecular flexibility index (Phi) is 4.32. The monoisotopic (exact) mass is 297 g/mol. The maximum atomic E-state index is 11.7. The van der Waals surface area contributed by atoms with E-state index in [0.29, 0.717) is 12.2 Å². The summed E-state index contributed by atoms with van der Waals surface area (Å²) < 4.78 is 28.1. The van der Waals surface area contributed by atoms with Gasteiger partial charge >= 0.3 is 0 Å². The second-order valence-corrected chi connectivity index (χ2v) is 7.38. The molecule has 1 atom stereocenters. The summed E-state index contributed by atoms with van der Waals surface area (Å²) in [6.07, 6.45) is 0.484. The van der Waals surface area contributed by atoms with Crippen LogP contribution in [0.5, 0.6) is 5.75 Å². The van der Waals surface area contributed by atoms with Gasteiger partial charge in [-0.3, -0.25) is 4.79 Å². The van der Waals surface area contributed by atoms with Crippen molar-refractivity contribution < 1.29 is 17.9 Å². The van der Waals surface area contributed by atoms with Gasteiger partial charge in [-0.2, -0.15) is 0 Å². The lowest BCUT2D eigenvalue weighted by Gasteiger charge is -2.13. The van der Waals surface area contributed by atoms with Crippen LogP contribution in [-0.4, -0.2) is 38.5 Å². The van der Waals surface area contributed by atoms with Crippen molar-refractivity contribution in [1.82, 2.24) is 5.32 Å². The number of carbonyl (C=O) groups is 1. The Morgan fingerprint density at radius 1 is 1.40 bits per heavy atom. The molecule has 1 amide bonds. The highest BCUT2D eigenvalue weighted by molar-refractivity contribution is 7.91. The Balaban J connectivity index is 1.85. The van der Waals surface area contributed by atoms with Crippen molar-refractivity contribution in [2.24, 2.45) is 0 Å². The van der Waals surface area contributed by atoms with Gasteiger partial charge in [-0.25, -0.2) is 8.42 Å². The molecule has 2 rings (SSSR count). The van der Waals surface area contributed by atoms with Gasteiger partial charge in [0.1, 0.15) is 5.75 Å². The quantitative estimate of drug-likeness (QED) is 0.899. The summed E-state index contributed by atoms with van der Waals surface area (Å²) in [7, 11) is -2.98. The third kappa shape index (κ3) is 3.72. The highest BCUT2D eigenvalue weighted by Gasteiger charge is 2.28. The van der Waals surface area contributed by atoms with E-state index in [1.54, 1.807) is 0 Å². The molecule has 0 unspecified atom stereocenters. The molecule has 20 heavy (non-hydrogen) atoms. The summed E-state index contributed by atoms with van der Waals surface area (Å²) >= 11 is 0. The highest BCUT2D eigenvalue weighted by atomic mass is 32.2. The summed E-state index contributed by atoms with van der Waals surface area (Å²) in [6.45, 7) is 3.82. The van der Waals surface area contributed by atoms with E-state index in [1.807, 2.05) is 32.0 Å². The highest BCUT2D eigenvalue weighted by Crippen LogP contribution is 2.20. The normalized spacial score (nSPS) is 20.6. The van der Waals surface area contributed by atoms with Crippen LogP contribution in [0.4, 0.5) is 0 Å². The zero-order valence-corrected chi connectivity index (χ0v) is 12.5. The zero-order chi connectivity index (χ0) is 14.8. The van der Waals surface area contributed by atoms with Crippen molar-refractivity contribution in [1.29, 1.82) is 0 Å². The SMILES string of the molecule is Cc1cccc(OCC(=O)N[C@H]2CCS(=O)(=O)C2)c1C. The minimum atomic E-state index is -2.98. The van der Waals surface area contributed by atoms with E-state index in [0.717, 1.165) is 11.1 Å². The maximum absolute atomic E-state index is 11.7. The maximum Gasteiger partial charge on any atom is 0.258 e. The summed E-state index contributed by atoms with van der Waals surface area (Å²) in [5.74, 6) is 0.574. The van der Waals surface area contributed by atoms with Crippen LogP contribution in [0.25, 0.3) is 0 Å². The van der Waals surface area contributed by atoms with E-state index in [2.05, 4.69) is 5.32 Å². The number of hydrogen-bond acceptors (Lipinski definition) is 4. The number of benzene rings is 1. The van der Waals surface area contributed by atoms with Crippen molar-refractivity contribution >= 4 is 15.7 Å². The number of amides is 1. The standard InChI is InChI=1S/C14H19NO4S/c1-10-4-3-5-13(11(10)2)19-8-14(16)15-12-6-7-20(17,18)9-12/h3-5,12H,6-9H2,1-2H3,(H,15,16)/t12-/m0/s1. The third-order valence-electron chi connectivity index (χ3n) is 3.51. The van der Waals surface area contributed by atoms with Crippen molar-refractivity contribution in [3.63, 3.8) is 0 Å². The van der Waals surface area contributed by atoms with Gasteiger partial charge < -0.3 is 10.1 Å². The first-order chi connectivity index (χ1) is 9.37. The smallest absolute Gasteiger partial charge is 0.258 e. The van der Waals surface area contributed by atoms with Crippen molar-refractivity contribution in [2.75, 3.05) is 18.1 Å². The molecule has 1 heterocycles. The van der Waals surface area contributed by atoms with E-state index >= 15 is 0 Å². The Labute approximate surface area is 119 Å². The van der Waals surface area contributed by atoms with Crippen LogP contribution < -0.4 is 10.1 Å². The van der Waals surface area contributed by atoms with Crippen LogP contribution in [-0.2, 0) is 14.6 Å². The number of sulfone groups is 1. The molecule has 110 valence electrons. The fourth-order valence-electron chi connectivity index (χ4n) is 2.20. The van der Waals surface area contributed by atoms with Crippen LogP contribution in [0.15, 0.2) is 18.2 Å². The summed E-state index contributed by atoms with van der Waals surface area (Å²) in [4.78, 5) is 11.7. The van der Waals surface area contributed by atoms with Gasteiger partial charge in [0.2, 0.25) is 0 Å². The number of hydrogen-bond donors (Lipinski definition) is 1. The van der Waals surface area contributed by atoms with Crippen molar-refractivity contribution in [3.05, 3.63) is 29.3 Å². The number of nitrogens with one attached hydrogen (secondary N) is 1. The van der Waals surface area contributed by atoms with Gasteiger partial charge in [-0.15, -0.1) is 0 Å². The van der Waals surface area contributed by atoms with E-state index in [4.69, 9.17) is 4.74 Å². The Hall–Kier alpha value is -1.56. The number of carbonyl (C=O) groups excluding carboxylic acids is 1. The average molecular weight is 297 g/mol. The molecule has 1 N–H and O–H groups in total. The minimum Gasteiger partial charge on any atom is -0.483 e. The van der Waals surface area contributed by atoms with Crippen LogP contribution in [0.3, 0.4) is 0 Å². The number of aryl methyl sites for hydroxylation is 1. The van der Waals surface area contributed by atoms with Gasteiger partial charge in [0.05, 0.1) is 11.5 Å². The van der Waals surface area contributed by atoms with Crippen molar-refractivity contribution in [2.45, 2.75) is 26.3 Å². The molecule has 5 nitrogen and oxygen atoms in total. The molecule has 0 aromatic heterocycles. The zero-order valence-electron chi connectivity index (χ0n) is 11.7. The molecule has 0 spiro atoms.